The number of rotatable bonds is 2. The van der Waals surface area contributed by atoms with E-state index in [0.29, 0.717) is 11.4 Å². The van der Waals surface area contributed by atoms with Crippen molar-refractivity contribution >= 4 is 11.8 Å². The van der Waals surface area contributed by atoms with Crippen molar-refractivity contribution in [2.75, 3.05) is 5.75 Å². The highest BCUT2D eigenvalue weighted by Gasteiger charge is 2.35. The lowest BCUT2D eigenvalue weighted by Gasteiger charge is -2.20. The summed E-state index contributed by atoms with van der Waals surface area (Å²) in [6.45, 7) is 6.58. The van der Waals surface area contributed by atoms with Crippen LogP contribution >= 0.6 is 11.8 Å². The Hall–Kier alpha value is -0.670. The lowest BCUT2D eigenvalue weighted by molar-refractivity contribution is 0.137. The Morgan fingerprint density at radius 1 is 1.44 bits per heavy atom. The van der Waals surface area contributed by atoms with Gasteiger partial charge in [-0.25, -0.2) is 0 Å². The van der Waals surface area contributed by atoms with Crippen molar-refractivity contribution < 1.29 is 4.74 Å². The Morgan fingerprint density at radius 3 is 3.00 bits per heavy atom. The lowest BCUT2D eigenvalue weighted by atomic mass is 10.0. The number of ether oxygens (including phenoxy) is 1. The van der Waals surface area contributed by atoms with Crippen molar-refractivity contribution in [2.24, 2.45) is 0 Å². The molecule has 1 aromatic carbocycles. The molecule has 2 heterocycles. The molecule has 0 spiro atoms. The summed E-state index contributed by atoms with van der Waals surface area (Å²) in [5.74, 6) is 2.33. The summed E-state index contributed by atoms with van der Waals surface area (Å²) in [6, 6.07) is 7.22. The summed E-state index contributed by atoms with van der Waals surface area (Å²) in [4.78, 5) is 0. The molecule has 1 N–H and O–H groups in total. The molecule has 0 amide bonds. The van der Waals surface area contributed by atoms with Gasteiger partial charge in [0.1, 0.15) is 11.4 Å². The van der Waals surface area contributed by atoms with Gasteiger partial charge in [-0.05, 0) is 25.8 Å². The Morgan fingerprint density at radius 2 is 2.28 bits per heavy atom. The highest BCUT2D eigenvalue weighted by atomic mass is 32.2. The topological polar surface area (TPSA) is 21.3 Å². The molecule has 0 aromatic heterocycles. The zero-order valence-corrected chi connectivity index (χ0v) is 12.1. The van der Waals surface area contributed by atoms with Crippen LogP contribution in [0, 0.1) is 0 Å². The molecule has 0 bridgehead atoms. The summed E-state index contributed by atoms with van der Waals surface area (Å²) < 4.78 is 6.15. The molecule has 2 aliphatic rings. The van der Waals surface area contributed by atoms with Crippen LogP contribution in [-0.2, 0) is 6.42 Å². The van der Waals surface area contributed by atoms with E-state index in [0.717, 1.165) is 12.2 Å². The van der Waals surface area contributed by atoms with E-state index in [1.54, 1.807) is 0 Å². The minimum Gasteiger partial charge on any atom is -0.487 e. The smallest absolute Gasteiger partial charge is 0.129 e. The quantitative estimate of drug-likeness (QED) is 0.882. The molecule has 3 rings (SSSR count). The third-order valence-corrected chi connectivity index (χ3v) is 5.07. The number of hydrogen-bond donors (Lipinski definition) is 1. The average Bonchev–Trinajstić information content (AvgIpc) is 2.89. The standard InChI is InChI=1S/C15H21NOS/c1-4-11-9-18-14(16-11)12-7-5-6-10-8-15(2,3)17-13(10)12/h5-7,11,14,16H,4,8-9H2,1-3H3. The van der Waals surface area contributed by atoms with Crippen LogP contribution in [0.25, 0.3) is 0 Å². The minimum absolute atomic E-state index is 0.0497. The van der Waals surface area contributed by atoms with E-state index in [1.807, 2.05) is 11.8 Å². The van der Waals surface area contributed by atoms with Crippen LogP contribution in [0.1, 0.15) is 43.7 Å². The van der Waals surface area contributed by atoms with E-state index in [9.17, 15) is 0 Å². The van der Waals surface area contributed by atoms with Crippen LogP contribution in [0.2, 0.25) is 0 Å². The highest BCUT2D eigenvalue weighted by Crippen LogP contribution is 2.44. The molecule has 3 heteroatoms. The fraction of sp³-hybridized carbons (Fsp3) is 0.600. The molecule has 1 saturated heterocycles. The average molecular weight is 263 g/mol. The van der Waals surface area contributed by atoms with Gasteiger partial charge >= 0.3 is 0 Å². The van der Waals surface area contributed by atoms with Gasteiger partial charge in [-0.1, -0.05) is 25.1 Å². The van der Waals surface area contributed by atoms with Crippen molar-refractivity contribution in [1.82, 2.24) is 5.32 Å². The van der Waals surface area contributed by atoms with Crippen LogP contribution < -0.4 is 10.1 Å². The maximum Gasteiger partial charge on any atom is 0.129 e. The molecule has 2 atom stereocenters. The second-order valence-corrected chi connectivity index (χ2v) is 7.00. The van der Waals surface area contributed by atoms with Crippen LogP contribution in [0.5, 0.6) is 5.75 Å². The van der Waals surface area contributed by atoms with Crippen LogP contribution in [0.4, 0.5) is 0 Å². The Kier molecular flexibility index (Phi) is 3.07. The normalized spacial score (nSPS) is 29.1. The van der Waals surface area contributed by atoms with Gasteiger partial charge < -0.3 is 4.74 Å². The van der Waals surface area contributed by atoms with Gasteiger partial charge in [0.25, 0.3) is 0 Å². The Bertz CT molecular complexity index is 458. The molecule has 1 aromatic rings. The third kappa shape index (κ3) is 2.14. The molecule has 1 fully saturated rings. The summed E-state index contributed by atoms with van der Waals surface area (Å²) in [7, 11) is 0. The third-order valence-electron chi connectivity index (χ3n) is 3.75. The summed E-state index contributed by atoms with van der Waals surface area (Å²) in [5.41, 5.74) is 2.64. The fourth-order valence-corrected chi connectivity index (χ4v) is 4.19. The van der Waals surface area contributed by atoms with Gasteiger partial charge in [0, 0.05) is 23.8 Å². The lowest BCUT2D eigenvalue weighted by Crippen LogP contribution is -2.26. The zero-order valence-electron chi connectivity index (χ0n) is 11.3. The maximum absolute atomic E-state index is 6.15. The summed E-state index contributed by atoms with van der Waals surface area (Å²) in [6.07, 6.45) is 2.22. The van der Waals surface area contributed by atoms with Gasteiger partial charge in [0.05, 0.1) is 5.37 Å². The zero-order chi connectivity index (χ0) is 12.8. The van der Waals surface area contributed by atoms with E-state index >= 15 is 0 Å². The maximum atomic E-state index is 6.15. The first kappa shape index (κ1) is 12.4. The van der Waals surface area contributed by atoms with Gasteiger partial charge in [0.2, 0.25) is 0 Å². The molecule has 2 unspecified atom stereocenters. The first-order valence-corrected chi connectivity index (χ1v) is 7.82. The van der Waals surface area contributed by atoms with Crippen molar-refractivity contribution in [2.45, 2.75) is 50.6 Å². The molecule has 2 aliphatic heterocycles. The van der Waals surface area contributed by atoms with Gasteiger partial charge in [-0.3, -0.25) is 5.32 Å². The summed E-state index contributed by atoms with van der Waals surface area (Å²) >= 11 is 2.00. The van der Waals surface area contributed by atoms with Gasteiger partial charge in [-0.15, -0.1) is 11.8 Å². The SMILES string of the molecule is CCC1CSC(c2cccc3c2OC(C)(C)C3)N1. The minimum atomic E-state index is -0.0497. The molecule has 0 saturated carbocycles. The molecular weight excluding hydrogens is 242 g/mol. The number of benzene rings is 1. The number of thioether (sulfide) groups is 1. The molecule has 0 radical (unpaired) electrons. The van der Waals surface area contributed by atoms with Crippen LogP contribution in [0.15, 0.2) is 18.2 Å². The van der Waals surface area contributed by atoms with Crippen molar-refractivity contribution in [3.05, 3.63) is 29.3 Å². The van der Waals surface area contributed by atoms with E-state index in [1.165, 1.54) is 23.3 Å². The fourth-order valence-electron chi connectivity index (χ4n) is 2.78. The van der Waals surface area contributed by atoms with E-state index in [2.05, 4.69) is 44.3 Å². The van der Waals surface area contributed by atoms with Crippen molar-refractivity contribution in [1.29, 1.82) is 0 Å². The molecule has 18 heavy (non-hydrogen) atoms. The van der Waals surface area contributed by atoms with Crippen LogP contribution in [0.3, 0.4) is 0 Å². The number of nitrogens with one attached hydrogen (secondary N) is 1. The van der Waals surface area contributed by atoms with E-state index in [-0.39, 0.29) is 5.60 Å². The Balaban J connectivity index is 1.89. The number of hydrogen-bond acceptors (Lipinski definition) is 3. The van der Waals surface area contributed by atoms with Crippen molar-refractivity contribution in [3.63, 3.8) is 0 Å². The first-order chi connectivity index (χ1) is 8.59. The number of para-hydroxylation sites is 1. The Labute approximate surface area is 113 Å². The van der Waals surface area contributed by atoms with Crippen LogP contribution in [-0.4, -0.2) is 17.4 Å². The van der Waals surface area contributed by atoms with E-state index < -0.39 is 0 Å². The molecule has 98 valence electrons. The van der Waals surface area contributed by atoms with E-state index in [4.69, 9.17) is 4.74 Å². The number of fused-ring (bicyclic) bond motifs is 1. The molecule has 2 nitrogen and oxygen atoms in total. The largest absolute Gasteiger partial charge is 0.487 e. The predicted octanol–water partition coefficient (Wildman–Crippen LogP) is 3.51. The second-order valence-electron chi connectivity index (χ2n) is 5.86. The predicted molar refractivity (Wildman–Crippen MR) is 77.3 cm³/mol. The summed E-state index contributed by atoms with van der Waals surface area (Å²) in [5, 5.41) is 4.10. The first-order valence-electron chi connectivity index (χ1n) is 6.77. The molecule has 0 aliphatic carbocycles. The molecular formula is C15H21NOS. The highest BCUT2D eigenvalue weighted by molar-refractivity contribution is 7.99. The van der Waals surface area contributed by atoms with Gasteiger partial charge in [-0.2, -0.15) is 0 Å². The second kappa shape index (κ2) is 4.46. The van der Waals surface area contributed by atoms with Gasteiger partial charge in [0.15, 0.2) is 0 Å². The van der Waals surface area contributed by atoms with Crippen molar-refractivity contribution in [3.8, 4) is 5.75 Å². The monoisotopic (exact) mass is 263 g/mol.